The van der Waals surface area contributed by atoms with Crippen molar-refractivity contribution in [3.63, 3.8) is 0 Å². The third kappa shape index (κ3) is 3.21. The Balaban J connectivity index is 1.41. The number of aromatic amines is 2. The summed E-state index contributed by atoms with van der Waals surface area (Å²) < 4.78 is 18.9. The quantitative estimate of drug-likeness (QED) is 0.559. The van der Waals surface area contributed by atoms with Gasteiger partial charge in [0.1, 0.15) is 11.6 Å². The molecule has 0 spiro atoms. The molecule has 0 bridgehead atoms. The van der Waals surface area contributed by atoms with Gasteiger partial charge in [-0.2, -0.15) is 0 Å². The Kier molecular flexibility index (Phi) is 4.43. The molecule has 1 atom stereocenters. The minimum atomic E-state index is -0.242. The number of hydrogen-bond donors (Lipinski definition) is 2. The van der Waals surface area contributed by atoms with Crippen molar-refractivity contribution in [3.8, 4) is 11.3 Å². The van der Waals surface area contributed by atoms with Crippen LogP contribution >= 0.6 is 0 Å². The molecular formula is C22H21FN4O. The summed E-state index contributed by atoms with van der Waals surface area (Å²) in [4.78, 5) is 13.7. The summed E-state index contributed by atoms with van der Waals surface area (Å²) >= 11 is 0. The van der Waals surface area contributed by atoms with Crippen LogP contribution in [0.15, 0.2) is 60.9 Å². The number of ether oxygens (including phenoxy) is 1. The van der Waals surface area contributed by atoms with Crippen LogP contribution in [-0.4, -0.2) is 39.6 Å². The van der Waals surface area contributed by atoms with E-state index in [9.17, 15) is 4.39 Å². The van der Waals surface area contributed by atoms with Gasteiger partial charge in [0.15, 0.2) is 0 Å². The lowest BCUT2D eigenvalue weighted by Crippen LogP contribution is -2.39. The van der Waals surface area contributed by atoms with Gasteiger partial charge in [-0.15, -0.1) is 0 Å². The molecule has 5 nitrogen and oxygen atoms in total. The van der Waals surface area contributed by atoms with Crippen LogP contribution in [0.1, 0.15) is 17.4 Å². The number of nitrogens with zero attached hydrogens (tertiary/aromatic N) is 2. The first-order valence-corrected chi connectivity index (χ1v) is 9.45. The monoisotopic (exact) mass is 376 g/mol. The number of imidazole rings is 1. The molecule has 0 radical (unpaired) electrons. The van der Waals surface area contributed by atoms with Gasteiger partial charge in [0, 0.05) is 30.2 Å². The van der Waals surface area contributed by atoms with Gasteiger partial charge >= 0.3 is 0 Å². The van der Waals surface area contributed by atoms with Crippen LogP contribution in [0.4, 0.5) is 4.39 Å². The van der Waals surface area contributed by atoms with Gasteiger partial charge in [0.25, 0.3) is 0 Å². The molecule has 1 aliphatic rings. The topological polar surface area (TPSA) is 56.9 Å². The molecule has 6 heteroatoms. The summed E-state index contributed by atoms with van der Waals surface area (Å²) in [5.74, 6) is 0.632. The van der Waals surface area contributed by atoms with Gasteiger partial charge in [-0.25, -0.2) is 9.37 Å². The van der Waals surface area contributed by atoms with Gasteiger partial charge in [-0.05, 0) is 41.5 Å². The summed E-state index contributed by atoms with van der Waals surface area (Å²) in [6.07, 6.45) is 3.89. The summed E-state index contributed by atoms with van der Waals surface area (Å²) in [6.45, 7) is 2.98. The summed E-state index contributed by atoms with van der Waals surface area (Å²) in [7, 11) is 0. The van der Waals surface area contributed by atoms with Gasteiger partial charge < -0.3 is 14.7 Å². The lowest BCUT2D eigenvalue weighted by atomic mass is 10.1. The lowest BCUT2D eigenvalue weighted by Gasteiger charge is -2.34. The average Bonchev–Trinajstić information content (AvgIpc) is 3.37. The van der Waals surface area contributed by atoms with Crippen LogP contribution in [0, 0.1) is 5.82 Å². The largest absolute Gasteiger partial charge is 0.378 e. The number of nitrogens with one attached hydrogen (secondary N) is 2. The van der Waals surface area contributed by atoms with Crippen molar-refractivity contribution >= 4 is 10.9 Å². The minimum absolute atomic E-state index is 0.0524. The molecule has 1 saturated heterocycles. The maximum absolute atomic E-state index is 13.2. The fraction of sp³-hybridized carbons (Fsp3) is 0.227. The zero-order valence-corrected chi connectivity index (χ0v) is 15.4. The molecule has 2 aromatic heterocycles. The third-order valence-electron chi connectivity index (χ3n) is 5.35. The van der Waals surface area contributed by atoms with E-state index in [1.807, 2.05) is 6.07 Å². The Hall–Kier alpha value is -2.96. The molecule has 0 amide bonds. The number of benzene rings is 2. The Labute approximate surface area is 162 Å². The van der Waals surface area contributed by atoms with E-state index in [4.69, 9.17) is 4.74 Å². The van der Waals surface area contributed by atoms with Crippen molar-refractivity contribution in [1.82, 2.24) is 19.9 Å². The van der Waals surface area contributed by atoms with E-state index in [0.717, 1.165) is 35.7 Å². The van der Waals surface area contributed by atoms with Crippen molar-refractivity contribution in [1.29, 1.82) is 0 Å². The number of para-hydroxylation sites is 1. The Morgan fingerprint density at radius 2 is 2.00 bits per heavy atom. The fourth-order valence-electron chi connectivity index (χ4n) is 3.84. The second kappa shape index (κ2) is 7.22. The highest BCUT2D eigenvalue weighted by molar-refractivity contribution is 5.82. The molecule has 0 unspecified atom stereocenters. The summed E-state index contributed by atoms with van der Waals surface area (Å²) in [5.41, 5.74) is 4.22. The smallest absolute Gasteiger partial charge is 0.126 e. The molecule has 2 N–H and O–H groups in total. The summed E-state index contributed by atoms with van der Waals surface area (Å²) in [6, 6.07) is 14.8. The van der Waals surface area contributed by atoms with E-state index >= 15 is 0 Å². The molecular weight excluding hydrogens is 355 g/mol. The Morgan fingerprint density at radius 1 is 1.14 bits per heavy atom. The van der Waals surface area contributed by atoms with Gasteiger partial charge in [0.05, 0.1) is 31.1 Å². The highest BCUT2D eigenvalue weighted by Gasteiger charge is 2.27. The fourth-order valence-corrected chi connectivity index (χ4v) is 3.84. The Bertz CT molecular complexity index is 1090. The van der Waals surface area contributed by atoms with Crippen molar-refractivity contribution in [2.45, 2.75) is 12.6 Å². The van der Waals surface area contributed by atoms with E-state index < -0.39 is 0 Å². The predicted octanol–water partition coefficient (Wildman–Crippen LogP) is 4.27. The van der Waals surface area contributed by atoms with Crippen LogP contribution in [-0.2, 0) is 11.3 Å². The number of hydrogen-bond acceptors (Lipinski definition) is 3. The number of fused-ring (bicyclic) bond motifs is 1. The van der Waals surface area contributed by atoms with E-state index in [2.05, 4.69) is 44.2 Å². The molecule has 3 heterocycles. The Morgan fingerprint density at radius 3 is 2.89 bits per heavy atom. The van der Waals surface area contributed by atoms with Gasteiger partial charge in [-0.1, -0.05) is 18.2 Å². The maximum Gasteiger partial charge on any atom is 0.126 e. The van der Waals surface area contributed by atoms with E-state index in [1.165, 1.54) is 23.1 Å². The first-order chi connectivity index (χ1) is 13.8. The molecule has 0 aliphatic carbocycles. The molecule has 2 aromatic carbocycles. The normalized spacial score (nSPS) is 18.0. The highest BCUT2D eigenvalue weighted by Crippen LogP contribution is 2.28. The van der Waals surface area contributed by atoms with E-state index in [1.54, 1.807) is 18.3 Å². The van der Waals surface area contributed by atoms with Crippen LogP contribution in [0.2, 0.25) is 0 Å². The van der Waals surface area contributed by atoms with Crippen molar-refractivity contribution in [2.24, 2.45) is 0 Å². The first-order valence-electron chi connectivity index (χ1n) is 9.45. The van der Waals surface area contributed by atoms with Crippen molar-refractivity contribution in [2.75, 3.05) is 19.8 Å². The van der Waals surface area contributed by atoms with E-state index in [-0.39, 0.29) is 11.9 Å². The average molecular weight is 376 g/mol. The SMILES string of the molecule is Fc1ccc(-c2cnc([C@@H]3COCCN3Cc3c[nH]c4ccccc34)[nH]2)cc1. The van der Waals surface area contributed by atoms with Crippen LogP contribution in [0.3, 0.4) is 0 Å². The third-order valence-corrected chi connectivity index (χ3v) is 5.35. The van der Waals surface area contributed by atoms with Crippen LogP contribution in [0.5, 0.6) is 0 Å². The molecule has 1 fully saturated rings. The molecule has 1 aliphatic heterocycles. The predicted molar refractivity (Wildman–Crippen MR) is 106 cm³/mol. The minimum Gasteiger partial charge on any atom is -0.378 e. The number of aromatic nitrogens is 3. The zero-order valence-electron chi connectivity index (χ0n) is 15.4. The number of rotatable bonds is 4. The molecule has 28 heavy (non-hydrogen) atoms. The molecule has 4 aromatic rings. The zero-order chi connectivity index (χ0) is 18.9. The molecule has 0 saturated carbocycles. The van der Waals surface area contributed by atoms with Crippen molar-refractivity contribution in [3.05, 3.63) is 78.1 Å². The highest BCUT2D eigenvalue weighted by atomic mass is 19.1. The van der Waals surface area contributed by atoms with Crippen molar-refractivity contribution < 1.29 is 9.13 Å². The van der Waals surface area contributed by atoms with E-state index in [0.29, 0.717) is 13.2 Å². The second-order valence-corrected chi connectivity index (χ2v) is 7.11. The van der Waals surface area contributed by atoms with Crippen LogP contribution in [0.25, 0.3) is 22.2 Å². The standard InChI is InChI=1S/C22H21FN4O/c23-17-7-5-15(6-8-17)20-12-25-22(26-20)21-14-28-10-9-27(21)13-16-11-24-19-4-2-1-3-18(16)19/h1-8,11-12,21,24H,9-10,13-14H2,(H,25,26)/t21-/m0/s1. The van der Waals surface area contributed by atoms with Crippen LogP contribution < -0.4 is 0 Å². The maximum atomic E-state index is 13.2. The molecule has 5 rings (SSSR count). The lowest BCUT2D eigenvalue weighted by molar-refractivity contribution is -0.0154. The van der Waals surface area contributed by atoms with Gasteiger partial charge in [0.2, 0.25) is 0 Å². The number of H-pyrrole nitrogens is 2. The first kappa shape index (κ1) is 17.2. The number of halogens is 1. The number of morpholine rings is 1. The summed E-state index contributed by atoms with van der Waals surface area (Å²) in [5, 5.41) is 1.25. The van der Waals surface area contributed by atoms with Gasteiger partial charge in [-0.3, -0.25) is 4.90 Å². The molecule has 142 valence electrons. The second-order valence-electron chi connectivity index (χ2n) is 7.11.